The van der Waals surface area contributed by atoms with Crippen LogP contribution in [0.5, 0.6) is 0 Å². The molecule has 8 rings (SSSR count). The zero-order chi connectivity index (χ0) is 38.3. The van der Waals surface area contributed by atoms with Gasteiger partial charge in [0.2, 0.25) is 0 Å². The van der Waals surface area contributed by atoms with Crippen molar-refractivity contribution in [1.29, 1.82) is 0 Å². The first-order valence-electron chi connectivity index (χ1n) is 21.0. The molecule has 4 aliphatic heterocycles. The molecule has 4 heterocycles. The molecule has 3 saturated heterocycles. The fourth-order valence-corrected chi connectivity index (χ4v) is 12.8. The molecule has 0 spiro atoms. The molecule has 0 aromatic rings. The van der Waals surface area contributed by atoms with E-state index in [1.165, 1.54) is 0 Å². The first kappa shape index (κ1) is 39.7. The molecule has 0 amide bonds. The van der Waals surface area contributed by atoms with Crippen molar-refractivity contribution in [3.05, 3.63) is 24.0 Å². The summed E-state index contributed by atoms with van der Waals surface area (Å²) in [6.45, 7) is 14.6. The summed E-state index contributed by atoms with van der Waals surface area (Å²) >= 11 is 0. The van der Waals surface area contributed by atoms with Crippen molar-refractivity contribution >= 4 is 0 Å². The van der Waals surface area contributed by atoms with Gasteiger partial charge in [0.05, 0.1) is 54.4 Å². The van der Waals surface area contributed by atoms with E-state index in [2.05, 4.69) is 20.4 Å². The number of aliphatic hydroxyl groups excluding tert-OH is 4. The van der Waals surface area contributed by atoms with Crippen molar-refractivity contribution in [1.82, 2.24) is 0 Å². The Morgan fingerprint density at radius 3 is 2.15 bits per heavy atom. The first-order chi connectivity index (χ1) is 25.6. The second kappa shape index (κ2) is 14.9. The molecule has 5 N–H and O–H groups in total. The second-order valence-electron chi connectivity index (χ2n) is 18.8. The van der Waals surface area contributed by atoms with Crippen LogP contribution >= 0.6 is 0 Å². The highest BCUT2D eigenvalue weighted by molar-refractivity contribution is 5.32. The van der Waals surface area contributed by atoms with Crippen LogP contribution < -0.4 is 0 Å². The van der Waals surface area contributed by atoms with E-state index in [9.17, 15) is 25.5 Å². The normalized spacial score (nSPS) is 55.0. The Morgan fingerprint density at radius 2 is 1.44 bits per heavy atom. The summed E-state index contributed by atoms with van der Waals surface area (Å²) in [6, 6.07) is 0. The van der Waals surface area contributed by atoms with Crippen LogP contribution in [0.2, 0.25) is 0 Å². The molecule has 8 aliphatic rings. The highest BCUT2D eigenvalue weighted by Crippen LogP contribution is 2.70. The number of allylic oxidation sites excluding steroid dienone is 1. The van der Waals surface area contributed by atoms with Gasteiger partial charge in [-0.15, -0.1) is 0 Å². The van der Waals surface area contributed by atoms with Crippen molar-refractivity contribution in [2.45, 2.75) is 197 Å². The zero-order valence-electron chi connectivity index (χ0n) is 32.9. The molecule has 0 aromatic carbocycles. The molecule has 0 radical (unpaired) electrons. The predicted molar refractivity (Wildman–Crippen MR) is 195 cm³/mol. The van der Waals surface area contributed by atoms with Crippen LogP contribution in [0.3, 0.4) is 0 Å². The molecular weight excluding hydrogens is 696 g/mol. The minimum Gasteiger partial charge on any atom is -0.490 e. The lowest BCUT2D eigenvalue weighted by molar-refractivity contribution is -0.324. The smallest absolute Gasteiger partial charge is 0.161 e. The quantitative estimate of drug-likeness (QED) is 0.235. The second-order valence-corrected chi connectivity index (χ2v) is 18.8. The maximum atomic E-state index is 12.6. The lowest BCUT2D eigenvalue weighted by atomic mass is 9.42. The first-order valence-corrected chi connectivity index (χ1v) is 21.0. The molecule has 0 aromatic heterocycles. The van der Waals surface area contributed by atoms with Crippen molar-refractivity contribution in [3.8, 4) is 0 Å². The van der Waals surface area contributed by atoms with Crippen LogP contribution in [0, 0.1) is 34.5 Å². The van der Waals surface area contributed by atoms with Gasteiger partial charge < -0.3 is 58.7 Å². The molecule has 12 nitrogen and oxygen atoms in total. The molecule has 0 bridgehead atoms. The number of hydrogen-bond acceptors (Lipinski definition) is 12. The maximum Gasteiger partial charge on any atom is 0.161 e. The predicted octanol–water partition coefficient (Wildman–Crippen LogP) is 4.23. The van der Waals surface area contributed by atoms with E-state index in [0.717, 1.165) is 44.1 Å². The Hall–Kier alpha value is -1.16. The van der Waals surface area contributed by atoms with E-state index in [1.54, 1.807) is 6.92 Å². The van der Waals surface area contributed by atoms with Crippen molar-refractivity contribution in [3.63, 3.8) is 0 Å². The van der Waals surface area contributed by atoms with Gasteiger partial charge in [0.15, 0.2) is 18.9 Å². The number of hydrogen-bond donors (Lipinski definition) is 5. The van der Waals surface area contributed by atoms with Crippen LogP contribution in [-0.2, 0) is 33.2 Å². The summed E-state index contributed by atoms with van der Waals surface area (Å²) < 4.78 is 43.0. The molecule has 20 unspecified atom stereocenters. The lowest BCUT2D eigenvalue weighted by Gasteiger charge is -2.65. The Bertz CT molecular complexity index is 1380. The Labute approximate surface area is 320 Å². The molecule has 4 aliphatic carbocycles. The van der Waals surface area contributed by atoms with Crippen LogP contribution in [0.4, 0.5) is 0 Å². The summed E-state index contributed by atoms with van der Waals surface area (Å²) in [5.74, 6) is 1.59. The molecule has 7 fully saturated rings. The van der Waals surface area contributed by atoms with Gasteiger partial charge in [0.25, 0.3) is 0 Å². The summed E-state index contributed by atoms with van der Waals surface area (Å²) in [5, 5.41) is 56.0. The summed E-state index contributed by atoms with van der Waals surface area (Å²) in [5.41, 5.74) is -0.346. The van der Waals surface area contributed by atoms with Gasteiger partial charge in [-0.1, -0.05) is 20.4 Å². The van der Waals surface area contributed by atoms with E-state index < -0.39 is 72.6 Å². The van der Waals surface area contributed by atoms with Gasteiger partial charge in [0.1, 0.15) is 24.6 Å². The van der Waals surface area contributed by atoms with Gasteiger partial charge in [-0.25, -0.2) is 0 Å². The Balaban J connectivity index is 0.829. The van der Waals surface area contributed by atoms with E-state index in [0.29, 0.717) is 50.4 Å². The van der Waals surface area contributed by atoms with Gasteiger partial charge in [-0.3, -0.25) is 0 Å². The average molecular weight is 763 g/mol. The number of aliphatic hydroxyl groups is 5. The van der Waals surface area contributed by atoms with Crippen LogP contribution in [-0.4, -0.2) is 118 Å². The fourth-order valence-electron chi connectivity index (χ4n) is 12.8. The fraction of sp³-hybridized carbons (Fsp3) is 0.905. The minimum atomic E-state index is -0.930. The summed E-state index contributed by atoms with van der Waals surface area (Å²) in [7, 11) is 0. The highest BCUT2D eigenvalue weighted by atomic mass is 16.7. The van der Waals surface area contributed by atoms with E-state index in [-0.39, 0.29) is 47.9 Å². The van der Waals surface area contributed by atoms with Crippen LogP contribution in [0.15, 0.2) is 24.0 Å². The Morgan fingerprint density at radius 1 is 0.722 bits per heavy atom. The molecular formula is C42H66O12. The zero-order valence-corrected chi connectivity index (χ0v) is 32.9. The van der Waals surface area contributed by atoms with Gasteiger partial charge >= 0.3 is 0 Å². The number of rotatable bonds is 7. The van der Waals surface area contributed by atoms with Crippen molar-refractivity contribution in [2.24, 2.45) is 34.5 Å². The van der Waals surface area contributed by atoms with Gasteiger partial charge in [-0.05, 0) is 119 Å². The van der Waals surface area contributed by atoms with Crippen molar-refractivity contribution in [2.75, 3.05) is 6.61 Å². The lowest BCUT2D eigenvalue weighted by Crippen LogP contribution is -2.67. The van der Waals surface area contributed by atoms with E-state index in [1.807, 2.05) is 19.9 Å². The van der Waals surface area contributed by atoms with Gasteiger partial charge in [0, 0.05) is 24.7 Å². The molecule has 54 heavy (non-hydrogen) atoms. The van der Waals surface area contributed by atoms with E-state index >= 15 is 0 Å². The average Bonchev–Trinajstić information content (AvgIpc) is 3.67. The third-order valence-electron chi connectivity index (χ3n) is 16.0. The summed E-state index contributed by atoms with van der Waals surface area (Å²) in [6.07, 6.45) is 3.90. The third-order valence-corrected chi connectivity index (χ3v) is 16.0. The minimum absolute atomic E-state index is 0.00880. The molecule has 306 valence electrons. The van der Waals surface area contributed by atoms with Crippen molar-refractivity contribution < 1.29 is 58.7 Å². The van der Waals surface area contributed by atoms with Gasteiger partial charge in [-0.2, -0.15) is 0 Å². The maximum absolute atomic E-state index is 12.6. The third kappa shape index (κ3) is 6.74. The number of fused-ring (bicyclic) bond motifs is 5. The monoisotopic (exact) mass is 762 g/mol. The molecule has 20 atom stereocenters. The Kier molecular flexibility index (Phi) is 10.9. The largest absolute Gasteiger partial charge is 0.490 e. The van der Waals surface area contributed by atoms with Crippen LogP contribution in [0.1, 0.15) is 112 Å². The SMILES string of the molecule is C=C1C=C(C2CCC3(O)C4CCC5CC(OC6CC(O)C(OC7CCC(OC8CC(O)C(O)C(C)O8)C(C)O7)C(C)O6)CCC5(C)C4CC(O)C23C)CO1. The number of ether oxygens (including phenoxy) is 7. The summed E-state index contributed by atoms with van der Waals surface area (Å²) in [4.78, 5) is 0. The molecule has 12 heteroatoms. The van der Waals surface area contributed by atoms with E-state index in [4.69, 9.17) is 33.2 Å². The molecule has 4 saturated carbocycles. The highest BCUT2D eigenvalue weighted by Gasteiger charge is 2.70. The standard InChI is InChI=1S/C42H66O12/c1-21-15-25(20-48-21)28-12-14-42(47)29-8-7-26-16-27(11-13-40(26,5)30(29)17-34(45)41(28,42)6)52-36-19-32(44)39(24(4)51-36)54-35-10-9-33(22(2)49-35)53-37-18-31(43)38(46)23(3)50-37/h15,22-24,26-39,43-47H,1,7-14,16-20H2,2-6H3. The van der Waals surface area contributed by atoms with Crippen LogP contribution in [0.25, 0.3) is 0 Å². The topological polar surface area (TPSA) is 166 Å².